The molecule has 0 spiro atoms. The number of benzene rings is 2. The molecule has 32 heavy (non-hydrogen) atoms. The lowest BCUT2D eigenvalue weighted by atomic mass is 9.78. The number of amides is 1. The molecule has 2 aromatic rings. The van der Waals surface area contributed by atoms with E-state index in [1.165, 1.54) is 0 Å². The van der Waals surface area contributed by atoms with E-state index < -0.39 is 11.6 Å². The smallest absolute Gasteiger partial charge is 0.329 e. The number of rotatable bonds is 5. The maximum atomic E-state index is 13.4. The average Bonchev–Trinajstić information content (AvgIpc) is 3.54. The molecule has 1 amide bonds. The zero-order valence-electron chi connectivity index (χ0n) is 18.7. The molecule has 1 saturated carbocycles. The first-order valence-corrected chi connectivity index (χ1v) is 11.9. The molecule has 2 aromatic carbocycles. The summed E-state index contributed by atoms with van der Waals surface area (Å²) in [6.45, 7) is 5.58. The number of carbonyl (C=O) groups excluding carboxylic acids is 2. The molecule has 2 aliphatic rings. The molecular weight excluding hydrogens is 445 g/mol. The standard InChI is InChI=1S/C26H29Cl2NO3/c1-26(2,3)32-25(31)24(17-7-8-17)29-22(30)14-13-21(18-5-4-6-20(28)15-18)23(29)16-9-11-19(27)12-10-16/h4-6,9-12,15,17,21,23-24H,7-8,13-14H2,1-3H3/t21?,23-,24?/m1/s1. The quantitative estimate of drug-likeness (QED) is 0.461. The maximum absolute atomic E-state index is 13.4. The summed E-state index contributed by atoms with van der Waals surface area (Å²) >= 11 is 12.5. The SMILES string of the molecule is CC(C)(C)OC(=O)C(C1CC1)N1C(=O)CCC(c2cccc(Cl)c2)[C@H]1c1ccc(Cl)cc1. The monoisotopic (exact) mass is 473 g/mol. The van der Waals surface area contributed by atoms with E-state index in [1.807, 2.05) is 74.2 Å². The molecule has 6 heteroatoms. The fraction of sp³-hybridized carbons (Fsp3) is 0.462. The molecule has 0 bridgehead atoms. The van der Waals surface area contributed by atoms with Crippen molar-refractivity contribution in [1.29, 1.82) is 0 Å². The van der Waals surface area contributed by atoms with E-state index >= 15 is 0 Å². The van der Waals surface area contributed by atoms with E-state index in [0.717, 1.165) is 24.0 Å². The van der Waals surface area contributed by atoms with Crippen LogP contribution >= 0.6 is 23.2 Å². The lowest BCUT2D eigenvalue weighted by Crippen LogP contribution is -2.53. The lowest BCUT2D eigenvalue weighted by molar-refractivity contribution is -0.169. The summed E-state index contributed by atoms with van der Waals surface area (Å²) < 4.78 is 5.79. The Labute approximate surface area is 199 Å². The van der Waals surface area contributed by atoms with Crippen LogP contribution < -0.4 is 0 Å². The van der Waals surface area contributed by atoms with Gasteiger partial charge in [-0.2, -0.15) is 0 Å². The number of piperidine rings is 1. The topological polar surface area (TPSA) is 46.6 Å². The highest BCUT2D eigenvalue weighted by molar-refractivity contribution is 6.30. The fourth-order valence-corrected chi connectivity index (χ4v) is 5.01. The van der Waals surface area contributed by atoms with Gasteiger partial charge in [0, 0.05) is 22.4 Å². The van der Waals surface area contributed by atoms with E-state index in [0.29, 0.717) is 22.9 Å². The predicted octanol–water partition coefficient (Wildman–Crippen LogP) is 6.56. The molecular formula is C26H29Cl2NO3. The second kappa shape index (κ2) is 9.07. The third-order valence-electron chi connectivity index (χ3n) is 6.14. The van der Waals surface area contributed by atoms with Crippen LogP contribution in [-0.4, -0.2) is 28.4 Å². The molecule has 2 unspecified atom stereocenters. The molecule has 0 N–H and O–H groups in total. The number of carbonyl (C=O) groups is 2. The van der Waals surface area contributed by atoms with Gasteiger partial charge in [0.1, 0.15) is 11.6 Å². The number of nitrogens with zero attached hydrogens (tertiary/aromatic N) is 1. The van der Waals surface area contributed by atoms with Gasteiger partial charge in [0.25, 0.3) is 0 Å². The summed E-state index contributed by atoms with van der Waals surface area (Å²) in [6, 6.07) is 14.5. The summed E-state index contributed by atoms with van der Waals surface area (Å²) in [5.74, 6) is -0.192. The Morgan fingerprint density at radius 3 is 2.28 bits per heavy atom. The van der Waals surface area contributed by atoms with Crippen LogP contribution in [0.5, 0.6) is 0 Å². The molecule has 1 saturated heterocycles. The van der Waals surface area contributed by atoms with E-state index in [1.54, 1.807) is 0 Å². The Kier molecular flexibility index (Phi) is 6.56. The normalized spacial score (nSPS) is 22.5. The lowest BCUT2D eigenvalue weighted by Gasteiger charge is -2.45. The van der Waals surface area contributed by atoms with E-state index in [2.05, 4.69) is 0 Å². The largest absolute Gasteiger partial charge is 0.458 e. The summed E-state index contributed by atoms with van der Waals surface area (Å²) in [7, 11) is 0. The van der Waals surface area contributed by atoms with Crippen molar-refractivity contribution in [3.05, 3.63) is 69.7 Å². The minimum atomic E-state index is -0.620. The van der Waals surface area contributed by atoms with Crippen molar-refractivity contribution in [1.82, 2.24) is 4.90 Å². The average molecular weight is 474 g/mol. The first kappa shape index (κ1) is 23.1. The Morgan fingerprint density at radius 1 is 1.00 bits per heavy atom. The third-order valence-corrected chi connectivity index (χ3v) is 6.63. The number of likely N-dealkylation sites (tertiary alicyclic amines) is 1. The number of hydrogen-bond donors (Lipinski definition) is 0. The van der Waals surface area contributed by atoms with Gasteiger partial charge in [0.05, 0.1) is 6.04 Å². The molecule has 170 valence electrons. The first-order chi connectivity index (χ1) is 15.1. The minimum Gasteiger partial charge on any atom is -0.458 e. The number of esters is 1. The van der Waals surface area contributed by atoms with Gasteiger partial charge in [0.15, 0.2) is 0 Å². The van der Waals surface area contributed by atoms with Gasteiger partial charge in [-0.05, 0) is 81.3 Å². The van der Waals surface area contributed by atoms with E-state index in [9.17, 15) is 9.59 Å². The Morgan fingerprint density at radius 2 is 1.69 bits per heavy atom. The van der Waals surface area contributed by atoms with Crippen molar-refractivity contribution in [2.24, 2.45) is 5.92 Å². The fourth-order valence-electron chi connectivity index (χ4n) is 4.69. The van der Waals surface area contributed by atoms with Gasteiger partial charge in [0.2, 0.25) is 5.91 Å². The second-order valence-corrected chi connectivity index (χ2v) is 10.7. The summed E-state index contributed by atoms with van der Waals surface area (Å²) in [5, 5.41) is 1.29. The van der Waals surface area contributed by atoms with Crippen LogP contribution in [0.3, 0.4) is 0 Å². The molecule has 2 fully saturated rings. The van der Waals surface area contributed by atoms with Crippen molar-refractivity contribution in [2.45, 2.75) is 70.1 Å². The molecule has 4 nitrogen and oxygen atoms in total. The molecule has 1 heterocycles. The molecule has 0 aromatic heterocycles. The highest BCUT2D eigenvalue weighted by Crippen LogP contribution is 2.48. The van der Waals surface area contributed by atoms with Crippen LogP contribution in [0, 0.1) is 5.92 Å². The minimum absolute atomic E-state index is 0.00835. The molecule has 1 aliphatic heterocycles. The van der Waals surface area contributed by atoms with Crippen LogP contribution in [-0.2, 0) is 14.3 Å². The van der Waals surface area contributed by atoms with Crippen LogP contribution in [0.4, 0.5) is 0 Å². The molecule has 1 aliphatic carbocycles. The van der Waals surface area contributed by atoms with Gasteiger partial charge >= 0.3 is 5.97 Å². The number of hydrogen-bond acceptors (Lipinski definition) is 3. The van der Waals surface area contributed by atoms with Crippen molar-refractivity contribution in [3.8, 4) is 0 Å². The Balaban J connectivity index is 1.80. The Hall–Kier alpha value is -2.04. The van der Waals surface area contributed by atoms with E-state index in [-0.39, 0.29) is 29.8 Å². The molecule has 3 atom stereocenters. The number of halogens is 2. The highest BCUT2D eigenvalue weighted by atomic mass is 35.5. The summed E-state index contributed by atoms with van der Waals surface area (Å²) in [6.07, 6.45) is 2.91. The Bertz CT molecular complexity index is 995. The zero-order valence-corrected chi connectivity index (χ0v) is 20.2. The predicted molar refractivity (Wildman–Crippen MR) is 127 cm³/mol. The van der Waals surface area contributed by atoms with Crippen LogP contribution in [0.2, 0.25) is 10.0 Å². The van der Waals surface area contributed by atoms with Crippen LogP contribution in [0.1, 0.15) is 69.5 Å². The van der Waals surface area contributed by atoms with Gasteiger partial charge in [-0.3, -0.25) is 4.79 Å². The maximum Gasteiger partial charge on any atom is 0.329 e. The van der Waals surface area contributed by atoms with Gasteiger partial charge in [-0.1, -0.05) is 47.5 Å². The molecule has 4 rings (SSSR count). The zero-order chi connectivity index (χ0) is 23.0. The first-order valence-electron chi connectivity index (χ1n) is 11.2. The summed E-state index contributed by atoms with van der Waals surface area (Å²) in [5.41, 5.74) is 1.40. The van der Waals surface area contributed by atoms with Crippen molar-refractivity contribution in [3.63, 3.8) is 0 Å². The second-order valence-electron chi connectivity index (χ2n) is 9.81. The van der Waals surface area contributed by atoms with Crippen LogP contribution in [0.15, 0.2) is 48.5 Å². The van der Waals surface area contributed by atoms with Crippen LogP contribution in [0.25, 0.3) is 0 Å². The van der Waals surface area contributed by atoms with Gasteiger partial charge in [-0.25, -0.2) is 4.79 Å². The van der Waals surface area contributed by atoms with Crippen molar-refractivity contribution in [2.75, 3.05) is 0 Å². The molecule has 0 radical (unpaired) electrons. The number of ether oxygens (including phenoxy) is 1. The van der Waals surface area contributed by atoms with Crippen molar-refractivity contribution >= 4 is 35.1 Å². The highest BCUT2D eigenvalue weighted by Gasteiger charge is 2.50. The van der Waals surface area contributed by atoms with Crippen molar-refractivity contribution < 1.29 is 14.3 Å². The van der Waals surface area contributed by atoms with Gasteiger partial charge < -0.3 is 9.64 Å². The van der Waals surface area contributed by atoms with Gasteiger partial charge in [-0.15, -0.1) is 0 Å². The summed E-state index contributed by atoms with van der Waals surface area (Å²) in [4.78, 5) is 28.6. The van der Waals surface area contributed by atoms with E-state index in [4.69, 9.17) is 27.9 Å². The third kappa shape index (κ3) is 5.13.